The molecule has 0 rings (SSSR count). The fourth-order valence-electron chi connectivity index (χ4n) is 0.541. The third-order valence-corrected chi connectivity index (χ3v) is 0.923. The molecular formula is C7H14N2. The van der Waals surface area contributed by atoms with Crippen LogP contribution in [0.2, 0.25) is 0 Å². The standard InChI is InChI=1S/C7H14N2/c1-4-5-7(2)6-9-8-3/h5-6,8H,4H2,1-3H3/b7-5-,9-6?. The highest BCUT2D eigenvalue weighted by Gasteiger charge is 1.76. The summed E-state index contributed by atoms with van der Waals surface area (Å²) >= 11 is 0. The molecule has 0 spiro atoms. The van der Waals surface area contributed by atoms with Crippen LogP contribution in [0.1, 0.15) is 20.3 Å². The Morgan fingerprint density at radius 2 is 2.33 bits per heavy atom. The predicted molar refractivity (Wildman–Crippen MR) is 41.6 cm³/mol. The second kappa shape index (κ2) is 5.35. The Balaban J connectivity index is 3.60. The Bertz CT molecular complexity index is 114. The lowest BCUT2D eigenvalue weighted by Crippen LogP contribution is -1.93. The molecule has 1 N–H and O–H groups in total. The molecule has 0 aromatic heterocycles. The number of nitrogens with zero attached hydrogens (tertiary/aromatic N) is 1. The topological polar surface area (TPSA) is 24.4 Å². The second-order valence-corrected chi connectivity index (χ2v) is 1.84. The maximum atomic E-state index is 3.85. The molecule has 52 valence electrons. The maximum Gasteiger partial charge on any atom is 0.0493 e. The number of hydrogen-bond donors (Lipinski definition) is 1. The Morgan fingerprint density at radius 3 is 2.78 bits per heavy atom. The van der Waals surface area contributed by atoms with Gasteiger partial charge in [-0.25, -0.2) is 0 Å². The summed E-state index contributed by atoms with van der Waals surface area (Å²) in [5.41, 5.74) is 3.89. The van der Waals surface area contributed by atoms with Crippen LogP contribution < -0.4 is 5.43 Å². The minimum Gasteiger partial charge on any atom is -0.313 e. The van der Waals surface area contributed by atoms with Gasteiger partial charge < -0.3 is 5.43 Å². The zero-order chi connectivity index (χ0) is 7.11. The van der Waals surface area contributed by atoms with Crippen molar-refractivity contribution in [3.63, 3.8) is 0 Å². The molecule has 9 heavy (non-hydrogen) atoms. The first-order chi connectivity index (χ1) is 4.31. The van der Waals surface area contributed by atoms with Crippen molar-refractivity contribution in [2.24, 2.45) is 5.10 Å². The van der Waals surface area contributed by atoms with Crippen LogP contribution in [0.5, 0.6) is 0 Å². The van der Waals surface area contributed by atoms with Gasteiger partial charge in [0, 0.05) is 13.3 Å². The minimum absolute atomic E-state index is 1.07. The van der Waals surface area contributed by atoms with Crippen molar-refractivity contribution >= 4 is 6.21 Å². The van der Waals surface area contributed by atoms with Crippen LogP contribution in [-0.4, -0.2) is 13.3 Å². The van der Waals surface area contributed by atoms with Gasteiger partial charge >= 0.3 is 0 Å². The molecular weight excluding hydrogens is 112 g/mol. The van der Waals surface area contributed by atoms with Gasteiger partial charge in [-0.1, -0.05) is 13.0 Å². The summed E-state index contributed by atoms with van der Waals surface area (Å²) < 4.78 is 0. The number of nitrogens with one attached hydrogen (secondary N) is 1. The van der Waals surface area contributed by atoms with Crippen molar-refractivity contribution in [2.45, 2.75) is 20.3 Å². The highest BCUT2D eigenvalue weighted by atomic mass is 15.3. The van der Waals surface area contributed by atoms with Crippen molar-refractivity contribution in [3.8, 4) is 0 Å². The van der Waals surface area contributed by atoms with E-state index < -0.39 is 0 Å². The van der Waals surface area contributed by atoms with Crippen LogP contribution in [0, 0.1) is 0 Å². The lowest BCUT2D eigenvalue weighted by molar-refractivity contribution is 0.907. The Labute approximate surface area is 56.7 Å². The first-order valence-corrected chi connectivity index (χ1v) is 3.17. The van der Waals surface area contributed by atoms with E-state index in [1.54, 1.807) is 7.05 Å². The van der Waals surface area contributed by atoms with Crippen LogP contribution in [0.25, 0.3) is 0 Å². The molecule has 0 aromatic rings. The molecule has 2 nitrogen and oxygen atoms in total. The lowest BCUT2D eigenvalue weighted by atomic mass is 10.3. The molecule has 0 saturated heterocycles. The summed E-state index contributed by atoms with van der Waals surface area (Å²) in [5, 5.41) is 3.85. The molecule has 0 aliphatic carbocycles. The molecule has 0 aromatic carbocycles. The van der Waals surface area contributed by atoms with Crippen LogP contribution in [0.15, 0.2) is 16.8 Å². The number of hydrogen-bond acceptors (Lipinski definition) is 2. The molecule has 0 unspecified atom stereocenters. The molecule has 0 aliphatic rings. The van der Waals surface area contributed by atoms with E-state index in [1.165, 1.54) is 5.57 Å². The summed E-state index contributed by atoms with van der Waals surface area (Å²) in [5.74, 6) is 0. The summed E-state index contributed by atoms with van der Waals surface area (Å²) in [6.45, 7) is 4.14. The van der Waals surface area contributed by atoms with Crippen molar-refractivity contribution in [3.05, 3.63) is 11.6 Å². The first kappa shape index (κ1) is 8.21. The Kier molecular flexibility index (Phi) is 4.88. The van der Waals surface area contributed by atoms with E-state index in [1.807, 2.05) is 13.1 Å². The van der Waals surface area contributed by atoms with E-state index in [9.17, 15) is 0 Å². The van der Waals surface area contributed by atoms with Gasteiger partial charge in [-0.05, 0) is 18.9 Å². The number of hydrazone groups is 1. The fourth-order valence-corrected chi connectivity index (χ4v) is 0.541. The van der Waals surface area contributed by atoms with Gasteiger partial charge in [0.2, 0.25) is 0 Å². The van der Waals surface area contributed by atoms with Crippen molar-refractivity contribution in [1.82, 2.24) is 5.43 Å². The van der Waals surface area contributed by atoms with E-state index in [2.05, 4.69) is 23.5 Å². The van der Waals surface area contributed by atoms with E-state index in [-0.39, 0.29) is 0 Å². The van der Waals surface area contributed by atoms with Crippen LogP contribution in [0.4, 0.5) is 0 Å². The van der Waals surface area contributed by atoms with Gasteiger partial charge in [0.1, 0.15) is 0 Å². The lowest BCUT2D eigenvalue weighted by Gasteiger charge is -1.88. The van der Waals surface area contributed by atoms with Gasteiger partial charge in [-0.2, -0.15) is 5.10 Å². The van der Waals surface area contributed by atoms with E-state index in [0.29, 0.717) is 0 Å². The second-order valence-electron chi connectivity index (χ2n) is 1.84. The maximum absolute atomic E-state index is 3.85. The molecule has 0 amide bonds. The quantitative estimate of drug-likeness (QED) is 0.450. The Hall–Kier alpha value is -0.790. The monoisotopic (exact) mass is 126 g/mol. The van der Waals surface area contributed by atoms with Gasteiger partial charge in [-0.3, -0.25) is 0 Å². The molecule has 2 heteroatoms. The molecule has 0 bridgehead atoms. The van der Waals surface area contributed by atoms with Gasteiger partial charge in [0.15, 0.2) is 0 Å². The van der Waals surface area contributed by atoms with Crippen molar-refractivity contribution in [1.29, 1.82) is 0 Å². The molecule has 0 atom stereocenters. The minimum atomic E-state index is 1.07. The van der Waals surface area contributed by atoms with Crippen LogP contribution >= 0.6 is 0 Å². The van der Waals surface area contributed by atoms with Gasteiger partial charge in [0.05, 0.1) is 0 Å². The predicted octanol–water partition coefficient (Wildman–Crippen LogP) is 1.55. The Morgan fingerprint density at radius 1 is 1.67 bits per heavy atom. The fraction of sp³-hybridized carbons (Fsp3) is 0.571. The van der Waals surface area contributed by atoms with Gasteiger partial charge in [-0.15, -0.1) is 0 Å². The van der Waals surface area contributed by atoms with Gasteiger partial charge in [0.25, 0.3) is 0 Å². The normalized spacial score (nSPS) is 12.6. The SMILES string of the molecule is CC/C=C(/C)C=NNC. The van der Waals surface area contributed by atoms with E-state index in [4.69, 9.17) is 0 Å². The smallest absolute Gasteiger partial charge is 0.0493 e. The van der Waals surface area contributed by atoms with Crippen LogP contribution in [-0.2, 0) is 0 Å². The average Bonchev–Trinajstić information content (AvgIpc) is 1.85. The van der Waals surface area contributed by atoms with Crippen molar-refractivity contribution < 1.29 is 0 Å². The van der Waals surface area contributed by atoms with E-state index in [0.717, 1.165) is 6.42 Å². The summed E-state index contributed by atoms with van der Waals surface area (Å²) in [6, 6.07) is 0. The molecule has 0 aliphatic heterocycles. The molecule has 0 fully saturated rings. The molecule has 0 heterocycles. The summed E-state index contributed by atoms with van der Waals surface area (Å²) in [7, 11) is 1.79. The van der Waals surface area contributed by atoms with Crippen LogP contribution in [0.3, 0.4) is 0 Å². The largest absolute Gasteiger partial charge is 0.313 e. The third-order valence-electron chi connectivity index (χ3n) is 0.923. The first-order valence-electron chi connectivity index (χ1n) is 3.17. The molecule has 0 saturated carbocycles. The number of rotatable bonds is 3. The zero-order valence-electron chi connectivity index (χ0n) is 6.31. The third kappa shape index (κ3) is 5.07. The average molecular weight is 126 g/mol. The highest BCUT2D eigenvalue weighted by molar-refractivity contribution is 5.77. The highest BCUT2D eigenvalue weighted by Crippen LogP contribution is 1.88. The van der Waals surface area contributed by atoms with E-state index >= 15 is 0 Å². The summed E-state index contributed by atoms with van der Waals surface area (Å²) in [4.78, 5) is 0. The zero-order valence-corrected chi connectivity index (χ0v) is 6.31. The number of allylic oxidation sites excluding steroid dienone is 2. The van der Waals surface area contributed by atoms with Crippen molar-refractivity contribution in [2.75, 3.05) is 7.05 Å². The molecule has 0 radical (unpaired) electrons. The summed E-state index contributed by atoms with van der Waals surface area (Å²) in [6.07, 6.45) is 5.01.